The molecule has 7 heteroatoms. The fourth-order valence-corrected chi connectivity index (χ4v) is 0.672. The van der Waals surface area contributed by atoms with Crippen LogP contribution in [0.3, 0.4) is 0 Å². The van der Waals surface area contributed by atoms with Gasteiger partial charge in [0.1, 0.15) is 0 Å². The monoisotopic (exact) mass is 231 g/mol. The first-order valence-electron chi connectivity index (χ1n) is 3.58. The van der Waals surface area contributed by atoms with Gasteiger partial charge in [0, 0.05) is 5.69 Å². The highest BCUT2D eigenvalue weighted by Crippen LogP contribution is 2.29. The summed E-state index contributed by atoms with van der Waals surface area (Å²) in [4.78, 5) is 0. The third-order valence-electron chi connectivity index (χ3n) is 1.24. The van der Waals surface area contributed by atoms with Crippen molar-refractivity contribution in [2.24, 2.45) is 0 Å². The molecule has 0 aliphatic rings. The van der Waals surface area contributed by atoms with Crippen LogP contribution >= 0.6 is 0 Å². The highest BCUT2D eigenvalue weighted by molar-refractivity contribution is 5.39. The number of anilines is 1. The average Bonchev–Trinajstić information content (AvgIpc) is 2.01. The SMILES string of the molecule is FC(F)F.Nc1ccc(C(F)(F)F)cc1. The normalized spacial score (nSPS) is 10.9. The second kappa shape index (κ2) is 5.47. The summed E-state index contributed by atoms with van der Waals surface area (Å²) in [5.41, 5.74) is 4.86. The summed E-state index contributed by atoms with van der Waals surface area (Å²) in [7, 11) is 0. The van der Waals surface area contributed by atoms with Gasteiger partial charge in [-0.2, -0.15) is 26.3 Å². The zero-order chi connectivity index (χ0) is 12.1. The van der Waals surface area contributed by atoms with Crippen molar-refractivity contribution in [2.75, 3.05) is 5.73 Å². The number of rotatable bonds is 0. The molecule has 15 heavy (non-hydrogen) atoms. The predicted octanol–water partition coefficient (Wildman–Crippen LogP) is 3.47. The molecule has 1 aromatic carbocycles. The summed E-state index contributed by atoms with van der Waals surface area (Å²) in [5, 5.41) is 0. The van der Waals surface area contributed by atoms with Gasteiger partial charge in [0.05, 0.1) is 5.56 Å². The number of alkyl halides is 6. The van der Waals surface area contributed by atoms with Gasteiger partial charge in [-0.15, -0.1) is 0 Å². The first-order chi connectivity index (χ1) is 6.73. The maximum Gasteiger partial charge on any atom is 0.416 e. The Morgan fingerprint density at radius 2 is 1.27 bits per heavy atom. The Morgan fingerprint density at radius 3 is 1.53 bits per heavy atom. The number of benzene rings is 1. The lowest BCUT2D eigenvalue weighted by Gasteiger charge is -2.05. The number of hydrogen-bond donors (Lipinski definition) is 1. The lowest BCUT2D eigenvalue weighted by molar-refractivity contribution is -0.137. The van der Waals surface area contributed by atoms with E-state index in [1.165, 1.54) is 12.1 Å². The molecule has 86 valence electrons. The summed E-state index contributed by atoms with van der Waals surface area (Å²) in [6, 6.07) is 4.36. The van der Waals surface area contributed by atoms with Gasteiger partial charge in [0.2, 0.25) is 0 Å². The van der Waals surface area contributed by atoms with Crippen LogP contribution in [0.4, 0.5) is 32.0 Å². The van der Waals surface area contributed by atoms with Crippen LogP contribution in [0, 0.1) is 0 Å². The molecule has 0 heterocycles. The van der Waals surface area contributed by atoms with E-state index in [0.29, 0.717) is 5.69 Å². The first kappa shape index (κ1) is 13.6. The third kappa shape index (κ3) is 6.64. The highest BCUT2D eigenvalue weighted by atomic mass is 19.4. The fraction of sp³-hybridized carbons (Fsp3) is 0.250. The molecule has 0 bridgehead atoms. The van der Waals surface area contributed by atoms with Gasteiger partial charge in [-0.3, -0.25) is 0 Å². The van der Waals surface area contributed by atoms with Crippen LogP contribution in [0.25, 0.3) is 0 Å². The molecule has 2 N–H and O–H groups in total. The van der Waals surface area contributed by atoms with Crippen LogP contribution in [-0.4, -0.2) is 6.68 Å². The van der Waals surface area contributed by atoms with E-state index in [1.807, 2.05) is 0 Å². The molecule has 1 rings (SSSR count). The lowest BCUT2D eigenvalue weighted by Crippen LogP contribution is -2.04. The second-order valence-corrected chi connectivity index (χ2v) is 2.37. The Hall–Kier alpha value is -1.40. The van der Waals surface area contributed by atoms with E-state index in [2.05, 4.69) is 0 Å². The molecular formula is C8H7F6N. The number of nitrogen functional groups attached to an aromatic ring is 1. The van der Waals surface area contributed by atoms with Crippen molar-refractivity contribution in [1.29, 1.82) is 0 Å². The van der Waals surface area contributed by atoms with Crippen molar-refractivity contribution in [1.82, 2.24) is 0 Å². The zero-order valence-electron chi connectivity index (χ0n) is 7.23. The molecule has 0 amide bonds. The van der Waals surface area contributed by atoms with Gasteiger partial charge in [-0.25, -0.2) is 0 Å². The van der Waals surface area contributed by atoms with Crippen molar-refractivity contribution >= 4 is 5.69 Å². The molecule has 0 fully saturated rings. The Bertz CT molecular complexity index is 275. The molecule has 0 aliphatic heterocycles. The van der Waals surface area contributed by atoms with Crippen molar-refractivity contribution in [2.45, 2.75) is 12.9 Å². The maximum absolute atomic E-state index is 11.9. The van der Waals surface area contributed by atoms with Crippen LogP contribution in [0.15, 0.2) is 24.3 Å². The molecule has 0 unspecified atom stereocenters. The van der Waals surface area contributed by atoms with E-state index in [-0.39, 0.29) is 0 Å². The van der Waals surface area contributed by atoms with Crippen LogP contribution in [0.1, 0.15) is 5.56 Å². The molecular weight excluding hydrogens is 224 g/mol. The van der Waals surface area contributed by atoms with E-state index in [0.717, 1.165) is 12.1 Å². The van der Waals surface area contributed by atoms with Crippen LogP contribution < -0.4 is 5.73 Å². The summed E-state index contributed by atoms with van der Waals surface area (Å²) in [6.45, 7) is -3.67. The van der Waals surface area contributed by atoms with E-state index >= 15 is 0 Å². The summed E-state index contributed by atoms with van der Waals surface area (Å²) in [5.74, 6) is 0. The molecule has 0 saturated heterocycles. The molecule has 1 nitrogen and oxygen atoms in total. The third-order valence-corrected chi connectivity index (χ3v) is 1.24. The van der Waals surface area contributed by atoms with Crippen molar-refractivity contribution in [3.63, 3.8) is 0 Å². The fourth-order valence-electron chi connectivity index (χ4n) is 0.672. The van der Waals surface area contributed by atoms with E-state index in [4.69, 9.17) is 5.73 Å². The average molecular weight is 231 g/mol. The number of hydrogen-bond acceptors (Lipinski definition) is 1. The predicted molar refractivity (Wildman–Crippen MR) is 43.0 cm³/mol. The molecule has 1 aromatic rings. The van der Waals surface area contributed by atoms with Gasteiger partial charge in [0.25, 0.3) is 0 Å². The van der Waals surface area contributed by atoms with Crippen LogP contribution in [-0.2, 0) is 6.18 Å². The quantitative estimate of drug-likeness (QED) is 0.537. The molecule has 0 saturated carbocycles. The van der Waals surface area contributed by atoms with Crippen molar-refractivity contribution in [3.05, 3.63) is 29.8 Å². The van der Waals surface area contributed by atoms with Gasteiger partial charge in [-0.1, -0.05) is 0 Å². The topological polar surface area (TPSA) is 26.0 Å². The van der Waals surface area contributed by atoms with Gasteiger partial charge in [0.15, 0.2) is 0 Å². The highest BCUT2D eigenvalue weighted by Gasteiger charge is 2.29. The summed E-state index contributed by atoms with van der Waals surface area (Å²) >= 11 is 0. The van der Waals surface area contributed by atoms with Gasteiger partial charge < -0.3 is 5.73 Å². The Balaban J connectivity index is 0.000000423. The number of nitrogens with two attached hydrogens (primary N) is 1. The standard InChI is InChI=1S/C7H6F3N.CHF3/c8-7(9,10)5-1-3-6(11)4-2-5;2-1(3)4/h1-4H,11H2;1H. The minimum Gasteiger partial charge on any atom is -0.399 e. The minimum atomic E-state index is -4.27. The maximum atomic E-state index is 11.9. The van der Waals surface area contributed by atoms with Crippen molar-refractivity contribution in [3.8, 4) is 0 Å². The summed E-state index contributed by atoms with van der Waals surface area (Å²) in [6.07, 6.45) is -4.27. The molecule has 0 aromatic heterocycles. The molecule has 0 aliphatic carbocycles. The summed E-state index contributed by atoms with van der Waals surface area (Å²) < 4.78 is 64.6. The van der Waals surface area contributed by atoms with Crippen LogP contribution in [0.5, 0.6) is 0 Å². The first-order valence-corrected chi connectivity index (χ1v) is 3.58. The lowest BCUT2D eigenvalue weighted by atomic mass is 10.2. The molecule has 0 spiro atoms. The van der Waals surface area contributed by atoms with E-state index in [9.17, 15) is 26.3 Å². The van der Waals surface area contributed by atoms with Gasteiger partial charge in [-0.05, 0) is 24.3 Å². The number of halogens is 6. The van der Waals surface area contributed by atoms with Crippen molar-refractivity contribution < 1.29 is 26.3 Å². The van der Waals surface area contributed by atoms with Gasteiger partial charge >= 0.3 is 12.9 Å². The second-order valence-electron chi connectivity index (χ2n) is 2.37. The Labute approximate surface area is 81.5 Å². The van der Waals surface area contributed by atoms with E-state index < -0.39 is 18.4 Å². The molecule has 0 radical (unpaired) electrons. The minimum absolute atomic E-state index is 0.331. The van der Waals surface area contributed by atoms with E-state index in [1.54, 1.807) is 0 Å². The Kier molecular flexibility index (Phi) is 4.96. The van der Waals surface area contributed by atoms with Crippen LogP contribution in [0.2, 0.25) is 0 Å². The smallest absolute Gasteiger partial charge is 0.399 e. The largest absolute Gasteiger partial charge is 0.416 e. The Morgan fingerprint density at radius 1 is 0.933 bits per heavy atom. The molecule has 0 atom stereocenters. The zero-order valence-corrected chi connectivity index (χ0v) is 7.23.